The molecule has 0 aromatic heterocycles. The number of carbonyl (C=O) groups excluding carboxylic acids is 4. The third-order valence-electron chi connectivity index (χ3n) is 4.11. The number of ether oxygens (including phenoxy) is 4. The molecule has 0 saturated carbocycles. The zero-order valence-corrected chi connectivity index (χ0v) is 16.0. The summed E-state index contributed by atoms with van der Waals surface area (Å²) in [7, 11) is 0. The first-order valence-electron chi connectivity index (χ1n) is 9.17. The molecule has 0 fully saturated rings. The van der Waals surface area contributed by atoms with E-state index in [-0.39, 0.29) is 57.3 Å². The zero-order valence-electron chi connectivity index (χ0n) is 16.0. The van der Waals surface area contributed by atoms with E-state index in [1.807, 2.05) is 0 Å². The Kier molecular flexibility index (Phi) is 7.98. The molecule has 8 nitrogen and oxygen atoms in total. The van der Waals surface area contributed by atoms with Crippen molar-refractivity contribution < 1.29 is 38.1 Å². The summed E-state index contributed by atoms with van der Waals surface area (Å²) in [5.74, 6) is -1.28. The Balaban J connectivity index is 2.11. The van der Waals surface area contributed by atoms with Gasteiger partial charge in [0.1, 0.15) is 24.4 Å². The van der Waals surface area contributed by atoms with Crippen molar-refractivity contribution in [2.24, 2.45) is 0 Å². The Labute approximate surface area is 163 Å². The number of hydrogen-bond acceptors (Lipinski definition) is 8. The van der Waals surface area contributed by atoms with Crippen LogP contribution in [-0.2, 0) is 28.7 Å². The molecule has 1 aromatic carbocycles. The van der Waals surface area contributed by atoms with Crippen molar-refractivity contribution in [2.75, 3.05) is 20.0 Å². The molecule has 1 aliphatic rings. The minimum atomic E-state index is -0.602. The van der Waals surface area contributed by atoms with Gasteiger partial charge in [-0.15, -0.1) is 0 Å². The summed E-state index contributed by atoms with van der Waals surface area (Å²) < 4.78 is 20.2. The average molecular weight is 392 g/mol. The average Bonchev–Trinajstić information content (AvgIpc) is 3.08. The summed E-state index contributed by atoms with van der Waals surface area (Å²) in [6.07, 6.45) is -0.790. The number of esters is 2. The topological polar surface area (TPSA) is 105 Å². The molecule has 152 valence electrons. The monoisotopic (exact) mass is 392 g/mol. The molecule has 0 spiro atoms. The molecule has 0 amide bonds. The third-order valence-corrected chi connectivity index (χ3v) is 4.11. The number of hydrogen-bond donors (Lipinski definition) is 0. The quantitative estimate of drug-likeness (QED) is 0.417. The summed E-state index contributed by atoms with van der Waals surface area (Å²) in [4.78, 5) is 47.7. The Hall–Kier alpha value is -2.90. The van der Waals surface area contributed by atoms with Gasteiger partial charge in [-0.3, -0.25) is 19.2 Å². The van der Waals surface area contributed by atoms with Crippen molar-refractivity contribution in [3.63, 3.8) is 0 Å². The molecule has 0 aliphatic carbocycles. The highest BCUT2D eigenvalue weighted by Crippen LogP contribution is 2.36. The van der Waals surface area contributed by atoms with Gasteiger partial charge in [-0.2, -0.15) is 0 Å². The fourth-order valence-corrected chi connectivity index (χ4v) is 2.91. The number of ketones is 2. The zero-order chi connectivity index (χ0) is 20.5. The van der Waals surface area contributed by atoms with E-state index >= 15 is 0 Å². The van der Waals surface area contributed by atoms with Crippen molar-refractivity contribution in [1.29, 1.82) is 0 Å². The summed E-state index contributed by atoms with van der Waals surface area (Å²) in [6, 6.07) is 5.16. The van der Waals surface area contributed by atoms with Crippen LogP contribution in [-0.4, -0.2) is 43.5 Å². The van der Waals surface area contributed by atoms with Crippen molar-refractivity contribution in [3.05, 3.63) is 23.8 Å². The predicted molar refractivity (Wildman–Crippen MR) is 97.1 cm³/mol. The van der Waals surface area contributed by atoms with Crippen molar-refractivity contribution >= 4 is 23.5 Å². The molecule has 0 atom stereocenters. The summed E-state index contributed by atoms with van der Waals surface area (Å²) >= 11 is 0. The normalized spacial score (nSPS) is 12.0. The Morgan fingerprint density at radius 3 is 1.96 bits per heavy atom. The van der Waals surface area contributed by atoms with Gasteiger partial charge in [0.05, 0.1) is 13.2 Å². The van der Waals surface area contributed by atoms with Crippen LogP contribution in [0.25, 0.3) is 0 Å². The lowest BCUT2D eigenvalue weighted by Gasteiger charge is -2.16. The van der Waals surface area contributed by atoms with Crippen LogP contribution in [0.3, 0.4) is 0 Å². The van der Waals surface area contributed by atoms with Gasteiger partial charge >= 0.3 is 11.9 Å². The number of rotatable bonds is 11. The standard InChI is InChI=1S/C20H24O8/c1-3-25-19(23)10-15(21)7-14(8-16(22)11-20(24)26-4-2)13-5-6-17-18(9-13)28-12-27-17/h5-6,9,14H,3-4,7-8,10-12H2,1-2H3. The van der Waals surface area contributed by atoms with Crippen molar-refractivity contribution in [3.8, 4) is 11.5 Å². The molecule has 0 saturated heterocycles. The second kappa shape index (κ2) is 10.4. The van der Waals surface area contributed by atoms with Gasteiger partial charge in [0.2, 0.25) is 6.79 Å². The van der Waals surface area contributed by atoms with Crippen LogP contribution < -0.4 is 9.47 Å². The summed E-state index contributed by atoms with van der Waals surface area (Å²) in [5.41, 5.74) is 0.693. The molecule has 1 heterocycles. The van der Waals surface area contributed by atoms with Crippen LogP contribution in [0.2, 0.25) is 0 Å². The highest BCUT2D eigenvalue weighted by molar-refractivity contribution is 5.98. The van der Waals surface area contributed by atoms with E-state index in [1.165, 1.54) is 0 Å². The van der Waals surface area contributed by atoms with E-state index in [0.29, 0.717) is 17.1 Å². The van der Waals surface area contributed by atoms with E-state index in [2.05, 4.69) is 0 Å². The van der Waals surface area contributed by atoms with E-state index < -0.39 is 17.9 Å². The van der Waals surface area contributed by atoms with E-state index in [4.69, 9.17) is 18.9 Å². The Morgan fingerprint density at radius 1 is 0.893 bits per heavy atom. The summed E-state index contributed by atoms with van der Waals surface area (Å²) in [6.45, 7) is 3.80. The van der Waals surface area contributed by atoms with Crippen LogP contribution >= 0.6 is 0 Å². The first-order chi connectivity index (χ1) is 13.4. The maximum atomic E-state index is 12.3. The first-order valence-corrected chi connectivity index (χ1v) is 9.17. The molecule has 1 aromatic rings. The van der Waals surface area contributed by atoms with Gasteiger partial charge < -0.3 is 18.9 Å². The van der Waals surface area contributed by atoms with Crippen molar-refractivity contribution in [1.82, 2.24) is 0 Å². The largest absolute Gasteiger partial charge is 0.466 e. The highest BCUT2D eigenvalue weighted by atomic mass is 16.7. The Morgan fingerprint density at radius 2 is 1.43 bits per heavy atom. The highest BCUT2D eigenvalue weighted by Gasteiger charge is 2.25. The minimum absolute atomic E-state index is 0.0347. The van der Waals surface area contributed by atoms with Crippen molar-refractivity contribution in [2.45, 2.75) is 45.4 Å². The first kappa shape index (κ1) is 21.4. The van der Waals surface area contributed by atoms with Gasteiger partial charge in [-0.05, 0) is 37.5 Å². The molecule has 0 radical (unpaired) electrons. The molecule has 28 heavy (non-hydrogen) atoms. The van der Waals surface area contributed by atoms with Crippen LogP contribution in [0.5, 0.6) is 11.5 Å². The SMILES string of the molecule is CCOC(=O)CC(=O)CC(CC(=O)CC(=O)OCC)c1ccc2c(c1)OCO2. The molecule has 1 aliphatic heterocycles. The molecule has 8 heteroatoms. The van der Waals surface area contributed by atoms with E-state index in [1.54, 1.807) is 32.0 Å². The fourth-order valence-electron chi connectivity index (χ4n) is 2.91. The number of Topliss-reactive ketones (excluding diaryl/α,β-unsaturated/α-hetero) is 2. The smallest absolute Gasteiger partial charge is 0.313 e. The predicted octanol–water partition coefficient (Wildman–Crippen LogP) is 2.32. The van der Waals surface area contributed by atoms with Gasteiger partial charge in [0.25, 0.3) is 0 Å². The fraction of sp³-hybridized carbons (Fsp3) is 0.500. The van der Waals surface area contributed by atoms with Gasteiger partial charge in [-0.25, -0.2) is 0 Å². The molecular weight excluding hydrogens is 368 g/mol. The molecule has 2 rings (SSSR count). The lowest BCUT2D eigenvalue weighted by atomic mass is 9.87. The number of fused-ring (bicyclic) bond motifs is 1. The lowest BCUT2D eigenvalue weighted by molar-refractivity contribution is -0.146. The van der Waals surface area contributed by atoms with Crippen LogP contribution in [0.15, 0.2) is 18.2 Å². The third kappa shape index (κ3) is 6.37. The number of carbonyl (C=O) groups is 4. The maximum Gasteiger partial charge on any atom is 0.313 e. The second-order valence-electron chi connectivity index (χ2n) is 6.26. The molecule has 0 unspecified atom stereocenters. The Bertz CT molecular complexity index is 706. The lowest BCUT2D eigenvalue weighted by Crippen LogP contribution is -2.18. The van der Waals surface area contributed by atoms with Gasteiger partial charge in [0.15, 0.2) is 11.5 Å². The van der Waals surface area contributed by atoms with Crippen LogP contribution in [0, 0.1) is 0 Å². The van der Waals surface area contributed by atoms with E-state index in [0.717, 1.165) is 0 Å². The molecule has 0 N–H and O–H groups in total. The molecular formula is C20H24O8. The van der Waals surface area contributed by atoms with E-state index in [9.17, 15) is 19.2 Å². The van der Waals surface area contributed by atoms with Gasteiger partial charge in [-0.1, -0.05) is 6.07 Å². The molecule has 0 bridgehead atoms. The van der Waals surface area contributed by atoms with Gasteiger partial charge in [0, 0.05) is 12.8 Å². The maximum absolute atomic E-state index is 12.3. The minimum Gasteiger partial charge on any atom is -0.466 e. The van der Waals surface area contributed by atoms with Crippen LogP contribution in [0.1, 0.15) is 51.0 Å². The second-order valence-corrected chi connectivity index (χ2v) is 6.26. The van der Waals surface area contributed by atoms with Crippen LogP contribution in [0.4, 0.5) is 0 Å². The summed E-state index contributed by atoms with van der Waals surface area (Å²) in [5, 5.41) is 0. The number of benzene rings is 1.